The number of carbonyl (C=O) groups is 2. The Bertz CT molecular complexity index is 433. The lowest BCUT2D eigenvalue weighted by Crippen LogP contribution is -2.48. The van der Waals surface area contributed by atoms with Gasteiger partial charge in [0.05, 0.1) is 13.7 Å². The Labute approximate surface area is 138 Å². The van der Waals surface area contributed by atoms with E-state index in [0.29, 0.717) is 5.92 Å². The lowest BCUT2D eigenvalue weighted by atomic mass is 9.92. The number of methoxy groups -OCH3 is 1. The molecule has 2 rings (SSSR count). The zero-order valence-corrected chi connectivity index (χ0v) is 14.8. The Kier molecular flexibility index (Phi) is 5.89. The number of ether oxygens (including phenoxy) is 2. The van der Waals surface area contributed by atoms with Crippen molar-refractivity contribution in [1.82, 2.24) is 10.2 Å². The summed E-state index contributed by atoms with van der Waals surface area (Å²) in [7, 11) is 1.40. The number of nitrogens with zero attached hydrogens (tertiary/aromatic N) is 1. The molecule has 0 aromatic rings. The summed E-state index contributed by atoms with van der Waals surface area (Å²) in [5.74, 6) is 0.140. The number of esters is 1. The van der Waals surface area contributed by atoms with E-state index < -0.39 is 5.60 Å². The van der Waals surface area contributed by atoms with Crippen molar-refractivity contribution in [1.29, 1.82) is 0 Å². The van der Waals surface area contributed by atoms with Crippen LogP contribution in [0, 0.1) is 5.92 Å². The second kappa shape index (κ2) is 7.51. The second-order valence-electron chi connectivity index (χ2n) is 7.54. The van der Waals surface area contributed by atoms with Gasteiger partial charge in [0.1, 0.15) is 5.60 Å². The molecule has 0 radical (unpaired) electrons. The first kappa shape index (κ1) is 18.0. The highest BCUT2D eigenvalue weighted by Gasteiger charge is 2.42. The Hall–Kier alpha value is -1.30. The average molecular weight is 326 g/mol. The minimum atomic E-state index is -0.470. The van der Waals surface area contributed by atoms with Gasteiger partial charge >= 0.3 is 12.1 Å². The van der Waals surface area contributed by atoms with E-state index in [0.717, 1.165) is 38.6 Å². The van der Waals surface area contributed by atoms with Crippen LogP contribution in [0.15, 0.2) is 0 Å². The summed E-state index contributed by atoms with van der Waals surface area (Å²) in [4.78, 5) is 25.7. The van der Waals surface area contributed by atoms with Crippen LogP contribution in [0.5, 0.6) is 0 Å². The van der Waals surface area contributed by atoms with Crippen LogP contribution in [0.2, 0.25) is 0 Å². The molecular formula is C17H30N2O4. The molecular weight excluding hydrogens is 296 g/mol. The van der Waals surface area contributed by atoms with Crippen molar-refractivity contribution in [2.45, 2.75) is 70.6 Å². The highest BCUT2D eigenvalue weighted by atomic mass is 16.6. The Morgan fingerprint density at radius 3 is 2.57 bits per heavy atom. The summed E-state index contributed by atoms with van der Waals surface area (Å²) in [6.45, 7) is 6.68. The Balaban J connectivity index is 1.97. The molecule has 1 amide bonds. The Morgan fingerprint density at radius 1 is 1.17 bits per heavy atom. The van der Waals surface area contributed by atoms with Crippen molar-refractivity contribution in [3.8, 4) is 0 Å². The van der Waals surface area contributed by atoms with E-state index in [-0.39, 0.29) is 30.7 Å². The molecule has 1 heterocycles. The molecule has 1 N–H and O–H groups in total. The predicted octanol–water partition coefficient (Wildman–Crippen LogP) is 2.32. The van der Waals surface area contributed by atoms with Gasteiger partial charge < -0.3 is 19.7 Å². The topological polar surface area (TPSA) is 67.9 Å². The van der Waals surface area contributed by atoms with E-state index in [1.807, 2.05) is 25.7 Å². The maximum Gasteiger partial charge on any atom is 0.410 e. The van der Waals surface area contributed by atoms with Gasteiger partial charge in [-0.25, -0.2) is 4.79 Å². The van der Waals surface area contributed by atoms with Gasteiger partial charge in [-0.15, -0.1) is 0 Å². The van der Waals surface area contributed by atoms with Gasteiger partial charge in [-0.05, 0) is 52.4 Å². The SMILES string of the molecule is COC(=O)CNC1CCCC1C1CCCN1C(=O)OC(C)(C)C. The maximum absolute atomic E-state index is 12.5. The van der Waals surface area contributed by atoms with Crippen molar-refractivity contribution >= 4 is 12.1 Å². The summed E-state index contributed by atoms with van der Waals surface area (Å²) in [6, 6.07) is 0.477. The number of rotatable bonds is 4. The van der Waals surface area contributed by atoms with Crippen LogP contribution < -0.4 is 5.32 Å². The number of carbonyl (C=O) groups excluding carboxylic acids is 2. The minimum absolute atomic E-state index is 0.210. The van der Waals surface area contributed by atoms with Crippen LogP contribution in [0.25, 0.3) is 0 Å². The van der Waals surface area contributed by atoms with Gasteiger partial charge in [0.15, 0.2) is 0 Å². The van der Waals surface area contributed by atoms with Crippen molar-refractivity contribution in [2.24, 2.45) is 5.92 Å². The third-order valence-corrected chi connectivity index (χ3v) is 4.73. The first-order valence-corrected chi connectivity index (χ1v) is 8.61. The molecule has 23 heavy (non-hydrogen) atoms. The predicted molar refractivity (Wildman–Crippen MR) is 87.1 cm³/mol. The Morgan fingerprint density at radius 2 is 1.91 bits per heavy atom. The summed E-state index contributed by atoms with van der Waals surface area (Å²) >= 11 is 0. The van der Waals surface area contributed by atoms with Gasteiger partial charge in [-0.1, -0.05) is 6.42 Å². The van der Waals surface area contributed by atoms with Crippen LogP contribution in [0.3, 0.4) is 0 Å². The van der Waals surface area contributed by atoms with Crippen LogP contribution in [0.1, 0.15) is 52.9 Å². The largest absolute Gasteiger partial charge is 0.468 e. The lowest BCUT2D eigenvalue weighted by Gasteiger charge is -2.34. The molecule has 1 saturated heterocycles. The quantitative estimate of drug-likeness (QED) is 0.803. The van der Waals surface area contributed by atoms with E-state index in [2.05, 4.69) is 5.32 Å². The van der Waals surface area contributed by atoms with E-state index >= 15 is 0 Å². The summed E-state index contributed by atoms with van der Waals surface area (Å²) in [5, 5.41) is 3.31. The van der Waals surface area contributed by atoms with E-state index in [1.165, 1.54) is 7.11 Å². The fourth-order valence-corrected chi connectivity index (χ4v) is 3.77. The zero-order valence-electron chi connectivity index (χ0n) is 14.8. The van der Waals surface area contributed by atoms with Gasteiger partial charge in [-0.2, -0.15) is 0 Å². The van der Waals surface area contributed by atoms with Crippen LogP contribution in [0.4, 0.5) is 4.79 Å². The zero-order chi connectivity index (χ0) is 17.0. The number of hydrogen-bond donors (Lipinski definition) is 1. The van der Waals surface area contributed by atoms with Gasteiger partial charge in [0.25, 0.3) is 0 Å². The highest BCUT2D eigenvalue weighted by molar-refractivity contribution is 5.71. The molecule has 0 aromatic carbocycles. The van der Waals surface area contributed by atoms with Crippen molar-refractivity contribution in [2.75, 3.05) is 20.2 Å². The normalized spacial score (nSPS) is 28.0. The minimum Gasteiger partial charge on any atom is -0.468 e. The summed E-state index contributed by atoms with van der Waals surface area (Å²) in [6.07, 6.45) is 5.08. The maximum atomic E-state index is 12.5. The first-order valence-electron chi connectivity index (χ1n) is 8.61. The van der Waals surface area contributed by atoms with Crippen LogP contribution in [-0.4, -0.2) is 54.8 Å². The molecule has 0 bridgehead atoms. The molecule has 2 fully saturated rings. The van der Waals surface area contributed by atoms with Crippen molar-refractivity contribution in [3.63, 3.8) is 0 Å². The number of likely N-dealkylation sites (tertiary alicyclic amines) is 1. The molecule has 3 atom stereocenters. The third kappa shape index (κ3) is 4.83. The van der Waals surface area contributed by atoms with Crippen LogP contribution >= 0.6 is 0 Å². The monoisotopic (exact) mass is 326 g/mol. The smallest absolute Gasteiger partial charge is 0.410 e. The van der Waals surface area contributed by atoms with Gasteiger partial charge in [0.2, 0.25) is 0 Å². The highest BCUT2D eigenvalue weighted by Crippen LogP contribution is 2.36. The van der Waals surface area contributed by atoms with Gasteiger partial charge in [-0.3, -0.25) is 4.79 Å². The number of hydrogen-bond acceptors (Lipinski definition) is 5. The molecule has 2 aliphatic rings. The molecule has 0 aromatic heterocycles. The van der Waals surface area contributed by atoms with E-state index in [4.69, 9.17) is 9.47 Å². The van der Waals surface area contributed by atoms with E-state index in [1.54, 1.807) is 0 Å². The number of nitrogens with one attached hydrogen (secondary N) is 1. The number of amides is 1. The average Bonchev–Trinajstić information content (AvgIpc) is 3.10. The third-order valence-electron chi connectivity index (χ3n) is 4.73. The van der Waals surface area contributed by atoms with Crippen LogP contribution in [-0.2, 0) is 14.3 Å². The summed E-state index contributed by atoms with van der Waals surface area (Å²) < 4.78 is 10.3. The fraction of sp³-hybridized carbons (Fsp3) is 0.882. The molecule has 1 saturated carbocycles. The molecule has 6 nitrogen and oxygen atoms in total. The first-order chi connectivity index (χ1) is 10.8. The lowest BCUT2D eigenvalue weighted by molar-refractivity contribution is -0.139. The molecule has 0 spiro atoms. The molecule has 1 aliphatic carbocycles. The van der Waals surface area contributed by atoms with E-state index in [9.17, 15) is 9.59 Å². The second-order valence-corrected chi connectivity index (χ2v) is 7.54. The molecule has 1 aliphatic heterocycles. The summed E-state index contributed by atoms with van der Waals surface area (Å²) in [5.41, 5.74) is -0.470. The molecule has 132 valence electrons. The van der Waals surface area contributed by atoms with Crippen molar-refractivity contribution < 1.29 is 19.1 Å². The van der Waals surface area contributed by atoms with Gasteiger partial charge in [0, 0.05) is 18.6 Å². The fourth-order valence-electron chi connectivity index (χ4n) is 3.77. The molecule has 3 unspecified atom stereocenters. The van der Waals surface area contributed by atoms with Crippen molar-refractivity contribution in [3.05, 3.63) is 0 Å². The standard InChI is InChI=1S/C17H30N2O4/c1-17(2,3)23-16(21)19-10-6-9-14(19)12-7-5-8-13(12)18-11-15(20)22-4/h12-14,18H,5-11H2,1-4H3. The molecule has 6 heteroatoms.